The van der Waals surface area contributed by atoms with Crippen molar-refractivity contribution < 1.29 is 8.81 Å². The van der Waals surface area contributed by atoms with Gasteiger partial charge < -0.3 is 14.3 Å². The maximum atomic E-state index is 12.9. The molecule has 23 heavy (non-hydrogen) atoms. The van der Waals surface area contributed by atoms with Crippen LogP contribution in [0.5, 0.6) is 0 Å². The standard InChI is InChI=1S/C18H14FN3O/c1-22-11-15(14-4-2-3-5-16(14)22)17-10-20-18(23-17)21-13-8-6-12(19)7-9-13/h2-11H,1H3,(H,20,21). The molecule has 4 aromatic rings. The number of aromatic nitrogens is 2. The van der Waals surface area contributed by atoms with E-state index in [0.29, 0.717) is 11.8 Å². The minimum Gasteiger partial charge on any atom is -0.423 e. The third kappa shape index (κ3) is 2.46. The molecule has 0 saturated carbocycles. The van der Waals surface area contributed by atoms with Crippen LogP contribution >= 0.6 is 0 Å². The molecule has 1 N–H and O–H groups in total. The molecule has 0 atom stereocenters. The third-order valence-electron chi connectivity index (χ3n) is 3.76. The van der Waals surface area contributed by atoms with E-state index < -0.39 is 0 Å². The molecule has 0 aliphatic carbocycles. The summed E-state index contributed by atoms with van der Waals surface area (Å²) in [4.78, 5) is 4.25. The van der Waals surface area contributed by atoms with E-state index in [0.717, 1.165) is 22.2 Å². The molecule has 2 aromatic heterocycles. The van der Waals surface area contributed by atoms with Gasteiger partial charge in [0.25, 0.3) is 6.01 Å². The van der Waals surface area contributed by atoms with Gasteiger partial charge in [-0.3, -0.25) is 0 Å². The molecule has 0 bridgehead atoms. The Morgan fingerprint density at radius 3 is 2.70 bits per heavy atom. The topological polar surface area (TPSA) is 43.0 Å². The van der Waals surface area contributed by atoms with Crippen LogP contribution in [0.15, 0.2) is 65.3 Å². The maximum absolute atomic E-state index is 12.9. The van der Waals surface area contributed by atoms with Gasteiger partial charge in [-0.05, 0) is 30.3 Å². The Morgan fingerprint density at radius 1 is 1.09 bits per heavy atom. The summed E-state index contributed by atoms with van der Waals surface area (Å²) in [6, 6.07) is 14.5. The van der Waals surface area contributed by atoms with Gasteiger partial charge in [0.15, 0.2) is 5.76 Å². The van der Waals surface area contributed by atoms with Crippen LogP contribution in [0, 0.1) is 5.82 Å². The number of hydrogen-bond donors (Lipinski definition) is 1. The summed E-state index contributed by atoms with van der Waals surface area (Å²) in [5, 5.41) is 4.14. The molecule has 0 fully saturated rings. The predicted octanol–water partition coefficient (Wildman–Crippen LogP) is 4.72. The average molecular weight is 307 g/mol. The van der Waals surface area contributed by atoms with E-state index in [9.17, 15) is 4.39 Å². The van der Waals surface area contributed by atoms with Gasteiger partial charge >= 0.3 is 0 Å². The lowest BCUT2D eigenvalue weighted by Crippen LogP contribution is -1.89. The highest BCUT2D eigenvalue weighted by Crippen LogP contribution is 2.32. The monoisotopic (exact) mass is 307 g/mol. The van der Waals surface area contributed by atoms with Crippen molar-refractivity contribution in [2.45, 2.75) is 0 Å². The molecular formula is C18H14FN3O. The number of halogens is 1. The zero-order valence-corrected chi connectivity index (χ0v) is 12.5. The molecule has 5 heteroatoms. The Labute approximate surface area is 132 Å². The first kappa shape index (κ1) is 13.6. The molecule has 0 aliphatic rings. The zero-order valence-electron chi connectivity index (χ0n) is 12.5. The van der Waals surface area contributed by atoms with Gasteiger partial charge in [-0.25, -0.2) is 9.37 Å². The Balaban J connectivity index is 1.68. The Bertz CT molecular complexity index is 970. The van der Waals surface area contributed by atoms with Crippen LogP contribution < -0.4 is 5.32 Å². The Kier molecular flexibility index (Phi) is 3.12. The average Bonchev–Trinajstić information content (AvgIpc) is 3.15. The van der Waals surface area contributed by atoms with Crippen LogP contribution in [-0.2, 0) is 7.05 Å². The van der Waals surface area contributed by atoms with Crippen LogP contribution in [0.25, 0.3) is 22.2 Å². The first-order valence-electron chi connectivity index (χ1n) is 7.23. The van der Waals surface area contributed by atoms with Gasteiger partial charge in [-0.1, -0.05) is 18.2 Å². The summed E-state index contributed by atoms with van der Waals surface area (Å²) < 4.78 is 20.8. The predicted molar refractivity (Wildman–Crippen MR) is 88.1 cm³/mol. The summed E-state index contributed by atoms with van der Waals surface area (Å²) in [5.41, 5.74) is 2.84. The second-order valence-electron chi connectivity index (χ2n) is 5.33. The van der Waals surface area contributed by atoms with E-state index in [1.807, 2.05) is 25.4 Å². The molecule has 0 saturated heterocycles. The summed E-state index contributed by atoms with van der Waals surface area (Å²) >= 11 is 0. The first-order chi connectivity index (χ1) is 11.2. The summed E-state index contributed by atoms with van der Waals surface area (Å²) in [7, 11) is 2.00. The minimum atomic E-state index is -0.278. The van der Waals surface area contributed by atoms with E-state index in [4.69, 9.17) is 4.42 Å². The van der Waals surface area contributed by atoms with Crippen LogP contribution in [0.2, 0.25) is 0 Å². The summed E-state index contributed by atoms with van der Waals surface area (Å²) in [6.45, 7) is 0. The first-order valence-corrected chi connectivity index (χ1v) is 7.23. The third-order valence-corrected chi connectivity index (χ3v) is 3.76. The molecule has 0 aliphatic heterocycles. The van der Waals surface area contributed by atoms with Gasteiger partial charge in [-0.2, -0.15) is 0 Å². The molecule has 0 spiro atoms. The van der Waals surface area contributed by atoms with Crippen LogP contribution in [0.1, 0.15) is 0 Å². The second-order valence-corrected chi connectivity index (χ2v) is 5.33. The minimum absolute atomic E-state index is 0.278. The quantitative estimate of drug-likeness (QED) is 0.596. The normalized spacial score (nSPS) is 11.0. The van der Waals surface area contributed by atoms with Gasteiger partial charge in [0.05, 0.1) is 6.20 Å². The SMILES string of the molecule is Cn1cc(-c2cnc(Nc3ccc(F)cc3)o2)c2ccccc21. The van der Waals surface area contributed by atoms with Crippen molar-refractivity contribution in [2.75, 3.05) is 5.32 Å². The van der Waals surface area contributed by atoms with E-state index in [-0.39, 0.29) is 5.82 Å². The molecule has 4 rings (SSSR count). The number of nitrogens with one attached hydrogen (secondary N) is 1. The van der Waals surface area contributed by atoms with Crippen molar-refractivity contribution in [3.05, 3.63) is 66.7 Å². The lowest BCUT2D eigenvalue weighted by Gasteiger charge is -2.00. The Morgan fingerprint density at radius 2 is 1.87 bits per heavy atom. The summed E-state index contributed by atoms with van der Waals surface area (Å²) in [6.07, 6.45) is 3.71. The Hall–Kier alpha value is -3.08. The van der Waals surface area contributed by atoms with Gasteiger partial charge in [0, 0.05) is 35.4 Å². The number of benzene rings is 2. The van der Waals surface area contributed by atoms with E-state index in [1.165, 1.54) is 12.1 Å². The molecule has 4 nitrogen and oxygen atoms in total. The van der Waals surface area contributed by atoms with Gasteiger partial charge in [0.2, 0.25) is 0 Å². The molecule has 0 unspecified atom stereocenters. The lowest BCUT2D eigenvalue weighted by atomic mass is 10.1. The largest absolute Gasteiger partial charge is 0.423 e. The number of oxazole rings is 1. The van der Waals surface area contributed by atoms with E-state index >= 15 is 0 Å². The highest BCUT2D eigenvalue weighted by atomic mass is 19.1. The van der Waals surface area contributed by atoms with Crippen molar-refractivity contribution in [3.63, 3.8) is 0 Å². The maximum Gasteiger partial charge on any atom is 0.299 e. The van der Waals surface area contributed by atoms with Crippen molar-refractivity contribution in [1.82, 2.24) is 9.55 Å². The van der Waals surface area contributed by atoms with Crippen molar-refractivity contribution in [1.29, 1.82) is 0 Å². The van der Waals surface area contributed by atoms with Crippen LogP contribution in [0.4, 0.5) is 16.1 Å². The van der Waals surface area contributed by atoms with Crippen LogP contribution in [0.3, 0.4) is 0 Å². The number of nitrogens with zero attached hydrogens (tertiary/aromatic N) is 2. The van der Waals surface area contributed by atoms with Crippen LogP contribution in [-0.4, -0.2) is 9.55 Å². The number of aryl methyl sites for hydroxylation is 1. The highest BCUT2D eigenvalue weighted by molar-refractivity contribution is 5.94. The van der Waals surface area contributed by atoms with E-state index in [2.05, 4.69) is 27.0 Å². The number of anilines is 2. The zero-order chi connectivity index (χ0) is 15.8. The van der Waals surface area contributed by atoms with E-state index in [1.54, 1.807) is 18.3 Å². The number of fused-ring (bicyclic) bond motifs is 1. The molecule has 2 aromatic carbocycles. The smallest absolute Gasteiger partial charge is 0.299 e. The second kappa shape index (κ2) is 5.28. The number of hydrogen-bond acceptors (Lipinski definition) is 3. The molecule has 2 heterocycles. The molecule has 0 radical (unpaired) electrons. The van der Waals surface area contributed by atoms with Crippen molar-refractivity contribution >= 4 is 22.6 Å². The number of para-hydroxylation sites is 1. The molecule has 114 valence electrons. The van der Waals surface area contributed by atoms with Gasteiger partial charge in [0.1, 0.15) is 5.82 Å². The fourth-order valence-corrected chi connectivity index (χ4v) is 2.65. The van der Waals surface area contributed by atoms with Gasteiger partial charge in [-0.15, -0.1) is 0 Å². The fourth-order valence-electron chi connectivity index (χ4n) is 2.65. The lowest BCUT2D eigenvalue weighted by molar-refractivity contribution is 0.592. The summed E-state index contributed by atoms with van der Waals surface area (Å²) in [5.74, 6) is 0.408. The van der Waals surface area contributed by atoms with Crippen molar-refractivity contribution in [3.8, 4) is 11.3 Å². The van der Waals surface area contributed by atoms with Crippen molar-refractivity contribution in [2.24, 2.45) is 7.05 Å². The highest BCUT2D eigenvalue weighted by Gasteiger charge is 2.13. The number of rotatable bonds is 3. The fraction of sp³-hybridized carbons (Fsp3) is 0.0556. The molecule has 0 amide bonds. The molecular weight excluding hydrogens is 293 g/mol.